The highest BCUT2D eigenvalue weighted by Gasteiger charge is 2.05. The Morgan fingerprint density at radius 2 is 2.29 bits per heavy atom. The third kappa shape index (κ3) is 2.21. The second-order valence-corrected chi connectivity index (χ2v) is 2.83. The summed E-state index contributed by atoms with van der Waals surface area (Å²) in [6.45, 7) is 0.608. The molecule has 0 atom stereocenters. The van der Waals surface area contributed by atoms with E-state index in [9.17, 15) is 0 Å². The Morgan fingerprint density at radius 1 is 1.50 bits per heavy atom. The predicted molar refractivity (Wildman–Crippen MR) is 52.5 cm³/mol. The van der Waals surface area contributed by atoms with Crippen LogP contribution in [-0.2, 0) is 0 Å². The summed E-state index contributed by atoms with van der Waals surface area (Å²) in [6.07, 6.45) is 3.66. The minimum Gasteiger partial charge on any atom is -0.371 e. The predicted octanol–water partition coefficient (Wildman–Crippen LogP) is 1.30. The van der Waals surface area contributed by atoms with Crippen molar-refractivity contribution >= 4 is 5.69 Å². The van der Waals surface area contributed by atoms with Gasteiger partial charge in [0.2, 0.25) is 0 Å². The van der Waals surface area contributed by atoms with Crippen LogP contribution in [0.4, 0.5) is 5.69 Å². The summed E-state index contributed by atoms with van der Waals surface area (Å²) in [4.78, 5) is 5.80. The summed E-state index contributed by atoms with van der Waals surface area (Å²) in [5, 5.41) is 17.3. The molecule has 14 heavy (non-hydrogen) atoms. The first-order valence-corrected chi connectivity index (χ1v) is 4.21. The molecule has 0 saturated carbocycles. The van der Waals surface area contributed by atoms with E-state index >= 15 is 0 Å². The van der Waals surface area contributed by atoms with Crippen molar-refractivity contribution in [2.45, 2.75) is 6.42 Å². The van der Waals surface area contributed by atoms with Crippen molar-refractivity contribution in [3.63, 3.8) is 0 Å². The van der Waals surface area contributed by atoms with Crippen LogP contribution in [0.3, 0.4) is 0 Å². The van der Waals surface area contributed by atoms with Gasteiger partial charge in [-0.25, -0.2) is 0 Å². The average Bonchev–Trinajstić information content (AvgIpc) is 2.25. The summed E-state index contributed by atoms with van der Waals surface area (Å²) in [6, 6.07) is 5.81. The number of pyridine rings is 1. The van der Waals surface area contributed by atoms with Crippen molar-refractivity contribution < 1.29 is 0 Å². The average molecular weight is 186 g/mol. The maximum atomic E-state index is 8.82. The minimum atomic E-state index is 0.441. The van der Waals surface area contributed by atoms with E-state index < -0.39 is 0 Å². The van der Waals surface area contributed by atoms with Gasteiger partial charge < -0.3 is 4.90 Å². The fourth-order valence-electron chi connectivity index (χ4n) is 1.12. The molecular formula is C10H10N4. The van der Waals surface area contributed by atoms with Gasteiger partial charge in [-0.1, -0.05) is 0 Å². The number of anilines is 1. The van der Waals surface area contributed by atoms with Crippen molar-refractivity contribution in [2.75, 3.05) is 18.5 Å². The first-order valence-electron chi connectivity index (χ1n) is 4.21. The minimum absolute atomic E-state index is 0.441. The number of rotatable bonds is 3. The third-order valence-corrected chi connectivity index (χ3v) is 1.89. The van der Waals surface area contributed by atoms with E-state index in [-0.39, 0.29) is 0 Å². The monoisotopic (exact) mass is 186 g/mol. The number of hydrogen-bond acceptors (Lipinski definition) is 4. The summed E-state index contributed by atoms with van der Waals surface area (Å²) >= 11 is 0. The molecule has 0 radical (unpaired) electrons. The van der Waals surface area contributed by atoms with E-state index in [2.05, 4.69) is 17.1 Å². The number of nitrogens with zero attached hydrogens (tertiary/aromatic N) is 4. The zero-order valence-electron chi connectivity index (χ0n) is 7.94. The molecule has 0 aliphatic heterocycles. The van der Waals surface area contributed by atoms with E-state index in [1.807, 2.05) is 11.9 Å². The Kier molecular flexibility index (Phi) is 3.46. The van der Waals surface area contributed by atoms with Crippen LogP contribution >= 0.6 is 0 Å². The van der Waals surface area contributed by atoms with Crippen molar-refractivity contribution in [3.8, 4) is 12.1 Å². The topological polar surface area (TPSA) is 63.7 Å². The van der Waals surface area contributed by atoms with Crippen LogP contribution in [0.1, 0.15) is 12.0 Å². The number of hydrogen-bond donors (Lipinski definition) is 0. The molecule has 4 nitrogen and oxygen atoms in total. The first kappa shape index (κ1) is 10.0. The van der Waals surface area contributed by atoms with Gasteiger partial charge in [-0.2, -0.15) is 10.5 Å². The summed E-state index contributed by atoms with van der Waals surface area (Å²) in [7, 11) is 1.84. The van der Waals surface area contributed by atoms with Gasteiger partial charge in [0.15, 0.2) is 0 Å². The van der Waals surface area contributed by atoms with Crippen LogP contribution in [0, 0.1) is 22.7 Å². The molecule has 1 rings (SSSR count). The number of aromatic nitrogens is 1. The Bertz CT molecular complexity index is 386. The van der Waals surface area contributed by atoms with Crippen molar-refractivity contribution in [1.29, 1.82) is 10.5 Å². The molecule has 0 saturated heterocycles. The second kappa shape index (κ2) is 4.84. The van der Waals surface area contributed by atoms with Gasteiger partial charge in [0, 0.05) is 19.8 Å². The Balaban J connectivity index is 2.85. The molecule has 1 heterocycles. The summed E-state index contributed by atoms with van der Waals surface area (Å²) < 4.78 is 0. The molecule has 70 valence electrons. The third-order valence-electron chi connectivity index (χ3n) is 1.89. The van der Waals surface area contributed by atoms with E-state index in [0.29, 0.717) is 18.5 Å². The quantitative estimate of drug-likeness (QED) is 0.713. The lowest BCUT2D eigenvalue weighted by molar-refractivity contribution is 0.899. The standard InChI is InChI=1S/C10H10N4/c1-14(6-2-4-11)10-8-13-5-3-9(10)7-12/h3,5,8H,2,6H2,1H3. The van der Waals surface area contributed by atoms with Crippen LogP contribution in [0.15, 0.2) is 18.5 Å². The van der Waals surface area contributed by atoms with Crippen molar-refractivity contribution in [3.05, 3.63) is 24.0 Å². The Morgan fingerprint density at radius 3 is 2.93 bits per heavy atom. The molecule has 0 bridgehead atoms. The molecule has 0 amide bonds. The van der Waals surface area contributed by atoms with E-state index in [4.69, 9.17) is 10.5 Å². The molecular weight excluding hydrogens is 176 g/mol. The highest BCUT2D eigenvalue weighted by Crippen LogP contribution is 2.16. The van der Waals surface area contributed by atoms with E-state index in [0.717, 1.165) is 5.69 Å². The highest BCUT2D eigenvalue weighted by molar-refractivity contribution is 5.56. The Hall–Kier alpha value is -2.07. The van der Waals surface area contributed by atoms with Crippen LogP contribution < -0.4 is 4.90 Å². The molecule has 4 heteroatoms. The maximum absolute atomic E-state index is 8.82. The van der Waals surface area contributed by atoms with E-state index in [1.165, 1.54) is 0 Å². The molecule has 0 unspecified atom stereocenters. The molecule has 0 aliphatic rings. The van der Waals surface area contributed by atoms with Gasteiger partial charge in [-0.15, -0.1) is 0 Å². The van der Waals surface area contributed by atoms with Crippen molar-refractivity contribution in [2.24, 2.45) is 0 Å². The lowest BCUT2D eigenvalue weighted by Gasteiger charge is -2.17. The normalized spacial score (nSPS) is 8.79. The van der Waals surface area contributed by atoms with Gasteiger partial charge >= 0.3 is 0 Å². The molecule has 0 spiro atoms. The zero-order valence-corrected chi connectivity index (χ0v) is 7.94. The van der Waals surface area contributed by atoms with Crippen LogP contribution in [0.5, 0.6) is 0 Å². The van der Waals surface area contributed by atoms with Gasteiger partial charge in [-0.05, 0) is 6.07 Å². The largest absolute Gasteiger partial charge is 0.371 e. The van der Waals surface area contributed by atoms with Crippen LogP contribution in [0.2, 0.25) is 0 Å². The lowest BCUT2D eigenvalue weighted by Crippen LogP contribution is -2.19. The number of nitriles is 2. The molecule has 0 aromatic carbocycles. The molecule has 1 aromatic heterocycles. The molecule has 1 aromatic rings. The first-order chi connectivity index (χ1) is 6.79. The lowest BCUT2D eigenvalue weighted by atomic mass is 10.2. The summed E-state index contributed by atoms with van der Waals surface area (Å²) in [5.41, 5.74) is 1.35. The van der Waals surface area contributed by atoms with Gasteiger partial charge in [0.1, 0.15) is 6.07 Å². The van der Waals surface area contributed by atoms with Crippen LogP contribution in [0.25, 0.3) is 0 Å². The SMILES string of the molecule is CN(CCC#N)c1cnccc1C#N. The van der Waals surface area contributed by atoms with Crippen LogP contribution in [-0.4, -0.2) is 18.6 Å². The fraction of sp³-hybridized carbons (Fsp3) is 0.300. The highest BCUT2D eigenvalue weighted by atomic mass is 15.1. The summed E-state index contributed by atoms with van der Waals surface area (Å²) in [5.74, 6) is 0. The molecule has 0 fully saturated rings. The van der Waals surface area contributed by atoms with Gasteiger partial charge in [-0.3, -0.25) is 4.98 Å². The zero-order chi connectivity index (χ0) is 10.4. The second-order valence-electron chi connectivity index (χ2n) is 2.83. The maximum Gasteiger partial charge on any atom is 0.101 e. The van der Waals surface area contributed by atoms with Gasteiger partial charge in [0.25, 0.3) is 0 Å². The smallest absolute Gasteiger partial charge is 0.101 e. The molecule has 0 N–H and O–H groups in total. The Labute approximate surface area is 83.0 Å². The van der Waals surface area contributed by atoms with Crippen molar-refractivity contribution in [1.82, 2.24) is 4.98 Å². The fourth-order valence-corrected chi connectivity index (χ4v) is 1.12. The van der Waals surface area contributed by atoms with Gasteiger partial charge in [0.05, 0.1) is 29.9 Å². The molecule has 0 aliphatic carbocycles. The van der Waals surface area contributed by atoms with E-state index in [1.54, 1.807) is 18.5 Å².